The molecule has 0 atom stereocenters. The maximum Gasteiger partial charge on any atom is 0.415 e. The second-order valence-corrected chi connectivity index (χ2v) is 7.59. The van der Waals surface area contributed by atoms with E-state index < -0.39 is 6.09 Å². The predicted molar refractivity (Wildman–Crippen MR) is 117 cm³/mol. The fourth-order valence-electron chi connectivity index (χ4n) is 3.65. The van der Waals surface area contributed by atoms with Crippen LogP contribution in [0.1, 0.15) is 36.2 Å². The van der Waals surface area contributed by atoms with E-state index in [9.17, 15) is 14.7 Å². The van der Waals surface area contributed by atoms with E-state index >= 15 is 0 Å². The zero-order valence-corrected chi connectivity index (χ0v) is 17.6. The van der Waals surface area contributed by atoms with Crippen molar-refractivity contribution in [1.82, 2.24) is 15.1 Å². The lowest BCUT2D eigenvalue weighted by atomic mass is 10.1. The third-order valence-corrected chi connectivity index (χ3v) is 5.32. The van der Waals surface area contributed by atoms with E-state index in [-0.39, 0.29) is 30.1 Å². The summed E-state index contributed by atoms with van der Waals surface area (Å²) in [7, 11) is 0. The number of carboxylic acid groups (broad SMARTS) is 1. The number of benzene rings is 1. The Morgan fingerprint density at radius 3 is 2.56 bits per heavy atom. The number of aromatic nitrogens is 2. The summed E-state index contributed by atoms with van der Waals surface area (Å²) in [6, 6.07) is 9.94. The van der Waals surface area contributed by atoms with Gasteiger partial charge in [0, 0.05) is 17.8 Å². The number of piperidine rings is 1. The Hall–Kier alpha value is -3.66. The molecule has 0 radical (unpaired) electrons. The minimum Gasteiger partial charge on any atom is -0.465 e. The summed E-state index contributed by atoms with van der Waals surface area (Å²) < 4.78 is 10.7. The molecule has 168 valence electrons. The van der Waals surface area contributed by atoms with Gasteiger partial charge in [-0.2, -0.15) is 0 Å². The molecule has 0 spiro atoms. The molecule has 0 saturated carbocycles. The molecule has 1 aliphatic rings. The molecule has 0 bridgehead atoms. The van der Waals surface area contributed by atoms with Gasteiger partial charge in [0.1, 0.15) is 0 Å². The summed E-state index contributed by atoms with van der Waals surface area (Å²) >= 11 is 0. The van der Waals surface area contributed by atoms with Gasteiger partial charge in [-0.15, -0.1) is 5.10 Å². The molecule has 2 N–H and O–H groups in total. The monoisotopic (exact) mass is 439 g/mol. The van der Waals surface area contributed by atoms with Crippen molar-refractivity contribution in [3.8, 4) is 11.5 Å². The van der Waals surface area contributed by atoms with E-state index in [0.29, 0.717) is 17.7 Å². The number of likely N-dealkylation sites (tertiary alicyclic amines) is 1. The van der Waals surface area contributed by atoms with Gasteiger partial charge < -0.3 is 24.2 Å². The molecule has 1 saturated heterocycles. The van der Waals surface area contributed by atoms with E-state index in [2.05, 4.69) is 20.4 Å². The number of anilines is 2. The summed E-state index contributed by atoms with van der Waals surface area (Å²) in [5.41, 5.74) is 1.18. The quantitative estimate of drug-likeness (QED) is 0.541. The van der Waals surface area contributed by atoms with Crippen molar-refractivity contribution >= 4 is 23.7 Å². The Morgan fingerprint density at radius 2 is 1.88 bits per heavy atom. The molecule has 4 rings (SSSR count). The van der Waals surface area contributed by atoms with Crippen molar-refractivity contribution in [3.05, 3.63) is 48.4 Å². The highest BCUT2D eigenvalue weighted by atomic mass is 16.4. The van der Waals surface area contributed by atoms with E-state index in [1.807, 2.05) is 0 Å². The van der Waals surface area contributed by atoms with Crippen molar-refractivity contribution in [2.75, 3.05) is 36.4 Å². The number of hydrogen-bond acceptors (Lipinski definition) is 7. The van der Waals surface area contributed by atoms with Crippen LogP contribution in [0.25, 0.3) is 11.5 Å². The number of rotatable bonds is 8. The zero-order valence-electron chi connectivity index (χ0n) is 17.6. The van der Waals surface area contributed by atoms with Crippen LogP contribution in [0, 0.1) is 0 Å². The average Bonchev–Trinajstić information content (AvgIpc) is 3.50. The first-order chi connectivity index (χ1) is 15.6. The topological polar surface area (TPSA) is 125 Å². The minimum atomic E-state index is -1.13. The molecule has 10 heteroatoms. The van der Waals surface area contributed by atoms with Crippen LogP contribution in [0.5, 0.6) is 0 Å². The molecule has 0 aliphatic carbocycles. The number of furan rings is 1. The molecule has 1 aromatic carbocycles. The Morgan fingerprint density at radius 1 is 1.09 bits per heavy atom. The lowest BCUT2D eigenvalue weighted by molar-refractivity contribution is 0.0996. The summed E-state index contributed by atoms with van der Waals surface area (Å²) in [5, 5.41) is 20.2. The second-order valence-electron chi connectivity index (χ2n) is 7.59. The summed E-state index contributed by atoms with van der Waals surface area (Å²) in [6.45, 7) is 3.26. The van der Waals surface area contributed by atoms with Crippen LogP contribution in [0.4, 0.5) is 16.5 Å². The summed E-state index contributed by atoms with van der Waals surface area (Å²) in [6.07, 6.45) is 4.64. The number of amides is 2. The largest absolute Gasteiger partial charge is 0.465 e. The molecule has 32 heavy (non-hydrogen) atoms. The number of carbonyl (C=O) groups is 2. The maximum atomic E-state index is 12.0. The highest BCUT2D eigenvalue weighted by Crippen LogP contribution is 2.24. The van der Waals surface area contributed by atoms with Gasteiger partial charge in [0.15, 0.2) is 5.76 Å². The van der Waals surface area contributed by atoms with Crippen molar-refractivity contribution in [2.24, 2.45) is 0 Å². The normalized spacial score (nSPS) is 14.2. The van der Waals surface area contributed by atoms with Gasteiger partial charge >= 0.3 is 12.1 Å². The van der Waals surface area contributed by atoms with Gasteiger partial charge in [0.2, 0.25) is 5.89 Å². The predicted octanol–water partition coefficient (Wildman–Crippen LogP) is 3.94. The van der Waals surface area contributed by atoms with Crippen LogP contribution in [0.3, 0.4) is 0 Å². The second kappa shape index (κ2) is 10.1. The van der Waals surface area contributed by atoms with Crippen LogP contribution in [0.15, 0.2) is 51.5 Å². The van der Waals surface area contributed by atoms with E-state index in [1.54, 1.807) is 36.4 Å². The number of nitrogens with one attached hydrogen (secondary N) is 1. The van der Waals surface area contributed by atoms with Gasteiger partial charge in [0.05, 0.1) is 6.26 Å². The lowest BCUT2D eigenvalue weighted by Gasteiger charge is -2.26. The molecule has 1 aliphatic heterocycles. The maximum absolute atomic E-state index is 12.0. The smallest absolute Gasteiger partial charge is 0.415 e. The molecule has 10 nitrogen and oxygen atoms in total. The first-order valence-corrected chi connectivity index (χ1v) is 10.6. The van der Waals surface area contributed by atoms with Gasteiger partial charge in [-0.25, -0.2) is 9.69 Å². The first kappa shape index (κ1) is 21.6. The summed E-state index contributed by atoms with van der Waals surface area (Å²) in [5.74, 6) is 0.0559. The fraction of sp³-hybridized carbons (Fsp3) is 0.364. The average molecular weight is 439 g/mol. The number of carbonyl (C=O) groups excluding carboxylic acids is 1. The molecular weight excluding hydrogens is 414 g/mol. The van der Waals surface area contributed by atoms with Crippen LogP contribution in [-0.2, 0) is 0 Å². The first-order valence-electron chi connectivity index (χ1n) is 10.6. The van der Waals surface area contributed by atoms with Crippen LogP contribution >= 0.6 is 0 Å². The Bertz CT molecular complexity index is 1030. The molecule has 0 unspecified atom stereocenters. The molecule has 3 aromatic rings. The molecule has 1 fully saturated rings. The van der Waals surface area contributed by atoms with Crippen molar-refractivity contribution in [2.45, 2.75) is 25.7 Å². The SMILES string of the molecule is O=C(Nc1ccc(-c2nnc(N(CCCN3CCCCC3)C(=O)O)o2)cc1)c1ccco1. The standard InChI is InChI=1S/C22H25N5O5/c28-19(18-6-4-15-31-18)23-17-9-7-16(8-10-17)20-24-25-21(32-20)27(22(29)30)14-5-13-26-11-2-1-3-12-26/h4,6-10,15H,1-3,5,11-14H2,(H,23,28)(H,29,30). The molecule has 2 amide bonds. The van der Waals surface area contributed by atoms with Crippen molar-refractivity contribution in [1.29, 1.82) is 0 Å². The third-order valence-electron chi connectivity index (χ3n) is 5.32. The van der Waals surface area contributed by atoms with Crippen molar-refractivity contribution in [3.63, 3.8) is 0 Å². The van der Waals surface area contributed by atoms with Gasteiger partial charge in [0.25, 0.3) is 5.91 Å². The van der Waals surface area contributed by atoms with E-state index in [1.165, 1.54) is 25.5 Å². The Labute approximate surface area is 184 Å². The lowest BCUT2D eigenvalue weighted by Crippen LogP contribution is -2.35. The van der Waals surface area contributed by atoms with Crippen LogP contribution in [-0.4, -0.2) is 58.4 Å². The molecule has 3 heterocycles. The highest BCUT2D eigenvalue weighted by molar-refractivity contribution is 6.02. The van der Waals surface area contributed by atoms with Crippen LogP contribution in [0.2, 0.25) is 0 Å². The van der Waals surface area contributed by atoms with Crippen LogP contribution < -0.4 is 10.2 Å². The number of nitrogens with zero attached hydrogens (tertiary/aromatic N) is 4. The van der Waals surface area contributed by atoms with E-state index in [0.717, 1.165) is 24.5 Å². The zero-order chi connectivity index (χ0) is 22.3. The molecule has 2 aromatic heterocycles. The minimum absolute atomic E-state index is 0.0543. The Kier molecular flexibility index (Phi) is 6.81. The van der Waals surface area contributed by atoms with Gasteiger partial charge in [-0.05, 0) is 75.3 Å². The third kappa shape index (κ3) is 5.33. The Balaban J connectivity index is 1.36. The fourth-order valence-corrected chi connectivity index (χ4v) is 3.65. The van der Waals surface area contributed by atoms with Crippen molar-refractivity contribution < 1.29 is 23.5 Å². The summed E-state index contributed by atoms with van der Waals surface area (Å²) in [4.78, 5) is 27.2. The van der Waals surface area contributed by atoms with Gasteiger partial charge in [-0.3, -0.25) is 4.79 Å². The van der Waals surface area contributed by atoms with Gasteiger partial charge in [-0.1, -0.05) is 11.5 Å². The highest BCUT2D eigenvalue weighted by Gasteiger charge is 2.22. The van der Waals surface area contributed by atoms with E-state index in [4.69, 9.17) is 8.83 Å². The molecular formula is C22H25N5O5. The number of hydrogen-bond donors (Lipinski definition) is 2.